The van der Waals surface area contributed by atoms with E-state index in [0.29, 0.717) is 0 Å². The van der Waals surface area contributed by atoms with E-state index >= 15 is 0 Å². The average Bonchev–Trinajstić information content (AvgIpc) is 2.24. The molecule has 0 radical (unpaired) electrons. The minimum Gasteiger partial charge on any atom is -0.260 e. The first-order valence-electron chi connectivity index (χ1n) is 4.72. The monoisotopic (exact) mass is 207 g/mol. The molecule has 1 nitrogen and oxygen atoms in total. The number of nitrogens with zero attached hydrogens (tertiary/aromatic N) is 1. The molecule has 2 heteroatoms. The minimum atomic E-state index is 0.880. The molecule has 0 atom stereocenters. The summed E-state index contributed by atoms with van der Waals surface area (Å²) < 4.78 is 0. The van der Waals surface area contributed by atoms with Crippen LogP contribution in [0.15, 0.2) is 34.7 Å². The molecule has 0 fully saturated rings. The van der Waals surface area contributed by atoms with E-state index in [2.05, 4.69) is 24.2 Å². The van der Waals surface area contributed by atoms with Gasteiger partial charge in [-0.25, -0.2) is 0 Å². The second-order valence-corrected chi connectivity index (χ2v) is 2.79. The SMILES string of the molecule is C=Cc1cccc(S)c1N=CC.CC. The Labute approximate surface area is 92.0 Å². The van der Waals surface area contributed by atoms with Crippen LogP contribution in [-0.4, -0.2) is 6.21 Å². The van der Waals surface area contributed by atoms with Gasteiger partial charge < -0.3 is 0 Å². The van der Waals surface area contributed by atoms with Crippen LogP contribution in [0, 0.1) is 0 Å². The number of rotatable bonds is 2. The van der Waals surface area contributed by atoms with Crippen LogP contribution in [0.2, 0.25) is 0 Å². The summed E-state index contributed by atoms with van der Waals surface area (Å²) in [6.07, 6.45) is 3.53. The zero-order valence-electron chi connectivity index (χ0n) is 8.99. The quantitative estimate of drug-likeness (QED) is 0.546. The van der Waals surface area contributed by atoms with E-state index in [1.807, 2.05) is 39.0 Å². The molecule has 76 valence electrons. The molecule has 0 aliphatic heterocycles. The Morgan fingerprint density at radius 2 is 2.00 bits per heavy atom. The Balaban J connectivity index is 0.000000791. The van der Waals surface area contributed by atoms with Crippen molar-refractivity contribution in [1.82, 2.24) is 0 Å². The van der Waals surface area contributed by atoms with Crippen LogP contribution in [0.25, 0.3) is 6.08 Å². The fourth-order valence-electron chi connectivity index (χ4n) is 0.983. The third-order valence-electron chi connectivity index (χ3n) is 1.52. The molecule has 0 bridgehead atoms. The van der Waals surface area contributed by atoms with Gasteiger partial charge in [-0.15, -0.1) is 12.6 Å². The first-order chi connectivity index (χ1) is 6.79. The summed E-state index contributed by atoms with van der Waals surface area (Å²) in [5, 5.41) is 0. The molecular formula is C12H17NS. The normalized spacial score (nSPS) is 9.43. The molecule has 0 heterocycles. The molecule has 0 aliphatic carbocycles. The molecule has 1 aromatic carbocycles. The summed E-state index contributed by atoms with van der Waals surface area (Å²) in [4.78, 5) is 5.08. The first kappa shape index (κ1) is 13.0. The highest BCUT2D eigenvalue weighted by Gasteiger charge is 1.99. The van der Waals surface area contributed by atoms with Crippen LogP contribution in [0.3, 0.4) is 0 Å². The summed E-state index contributed by atoms with van der Waals surface area (Å²) in [7, 11) is 0. The van der Waals surface area contributed by atoms with E-state index in [4.69, 9.17) is 0 Å². The molecule has 0 aliphatic rings. The van der Waals surface area contributed by atoms with Gasteiger partial charge in [-0.2, -0.15) is 0 Å². The maximum absolute atomic E-state index is 4.29. The average molecular weight is 207 g/mol. The second kappa shape index (κ2) is 7.39. The smallest absolute Gasteiger partial charge is 0.0830 e. The topological polar surface area (TPSA) is 12.4 Å². The number of hydrogen-bond acceptors (Lipinski definition) is 2. The lowest BCUT2D eigenvalue weighted by Gasteiger charge is -2.02. The van der Waals surface area contributed by atoms with Crippen LogP contribution in [0.5, 0.6) is 0 Å². The van der Waals surface area contributed by atoms with Crippen molar-refractivity contribution in [3.63, 3.8) is 0 Å². The van der Waals surface area contributed by atoms with Gasteiger partial charge in [0.05, 0.1) is 5.69 Å². The van der Waals surface area contributed by atoms with E-state index in [0.717, 1.165) is 16.1 Å². The van der Waals surface area contributed by atoms with Crippen molar-refractivity contribution in [3.05, 3.63) is 30.3 Å². The summed E-state index contributed by atoms with van der Waals surface area (Å²) >= 11 is 4.29. The number of benzene rings is 1. The molecule has 0 spiro atoms. The van der Waals surface area contributed by atoms with Gasteiger partial charge >= 0.3 is 0 Å². The molecule has 0 unspecified atom stereocenters. The van der Waals surface area contributed by atoms with Gasteiger partial charge in [0.25, 0.3) is 0 Å². The standard InChI is InChI=1S/C10H11NS.C2H6/c1-3-8-6-5-7-9(12)10(8)11-4-2;1-2/h3-7,12H,1H2,2H3;1-2H3. The van der Waals surface area contributed by atoms with Crippen molar-refractivity contribution in [2.24, 2.45) is 4.99 Å². The number of para-hydroxylation sites is 1. The highest BCUT2D eigenvalue weighted by molar-refractivity contribution is 7.80. The third kappa shape index (κ3) is 3.38. The predicted octanol–water partition coefficient (Wildman–Crippen LogP) is 4.37. The maximum Gasteiger partial charge on any atom is 0.0830 e. The molecule has 0 aromatic heterocycles. The lowest BCUT2D eigenvalue weighted by Crippen LogP contribution is -1.76. The van der Waals surface area contributed by atoms with Gasteiger partial charge in [0, 0.05) is 16.7 Å². The maximum atomic E-state index is 4.29. The summed E-state index contributed by atoms with van der Waals surface area (Å²) in [6, 6.07) is 5.82. The van der Waals surface area contributed by atoms with E-state index in [-0.39, 0.29) is 0 Å². The Hall–Kier alpha value is -1.02. The highest BCUT2D eigenvalue weighted by Crippen LogP contribution is 2.27. The van der Waals surface area contributed by atoms with Crippen LogP contribution in [0.1, 0.15) is 26.3 Å². The van der Waals surface area contributed by atoms with Crippen LogP contribution in [-0.2, 0) is 0 Å². The van der Waals surface area contributed by atoms with Crippen molar-refractivity contribution < 1.29 is 0 Å². The van der Waals surface area contributed by atoms with E-state index in [1.165, 1.54) is 0 Å². The minimum absolute atomic E-state index is 0.880. The van der Waals surface area contributed by atoms with Crippen molar-refractivity contribution in [3.8, 4) is 0 Å². The molecule has 0 amide bonds. The fraction of sp³-hybridized carbons (Fsp3) is 0.250. The molecular weight excluding hydrogens is 190 g/mol. The van der Waals surface area contributed by atoms with Crippen molar-refractivity contribution in [2.75, 3.05) is 0 Å². The Morgan fingerprint density at radius 3 is 2.50 bits per heavy atom. The summed E-state index contributed by atoms with van der Waals surface area (Å²) in [6.45, 7) is 9.59. The Morgan fingerprint density at radius 1 is 1.36 bits per heavy atom. The lowest BCUT2D eigenvalue weighted by molar-refractivity contribution is 1.37. The molecule has 0 saturated heterocycles. The zero-order valence-corrected chi connectivity index (χ0v) is 9.88. The number of hydrogen-bond donors (Lipinski definition) is 1. The van der Waals surface area contributed by atoms with Crippen LogP contribution >= 0.6 is 12.6 Å². The van der Waals surface area contributed by atoms with Crippen LogP contribution in [0.4, 0.5) is 5.69 Å². The van der Waals surface area contributed by atoms with Gasteiger partial charge in [-0.3, -0.25) is 4.99 Å². The molecule has 14 heavy (non-hydrogen) atoms. The third-order valence-corrected chi connectivity index (χ3v) is 1.88. The Bertz CT molecular complexity index is 316. The molecule has 0 N–H and O–H groups in total. The molecule has 1 rings (SSSR count). The largest absolute Gasteiger partial charge is 0.260 e. The van der Waals surface area contributed by atoms with Gasteiger partial charge in [0.15, 0.2) is 0 Å². The van der Waals surface area contributed by atoms with Crippen molar-refractivity contribution in [1.29, 1.82) is 0 Å². The van der Waals surface area contributed by atoms with E-state index < -0.39 is 0 Å². The highest BCUT2D eigenvalue weighted by atomic mass is 32.1. The van der Waals surface area contributed by atoms with Gasteiger partial charge in [-0.05, 0) is 13.0 Å². The van der Waals surface area contributed by atoms with Gasteiger partial charge in [0.2, 0.25) is 0 Å². The number of aliphatic imine (C=N–C) groups is 1. The Kier molecular flexibility index (Phi) is 6.85. The zero-order chi connectivity index (χ0) is 11.0. The predicted molar refractivity (Wildman–Crippen MR) is 69.0 cm³/mol. The van der Waals surface area contributed by atoms with Gasteiger partial charge in [0.1, 0.15) is 0 Å². The molecule has 0 saturated carbocycles. The first-order valence-corrected chi connectivity index (χ1v) is 5.17. The van der Waals surface area contributed by atoms with E-state index in [9.17, 15) is 0 Å². The summed E-state index contributed by atoms with van der Waals surface area (Å²) in [5.41, 5.74) is 1.90. The fourth-order valence-corrected chi connectivity index (χ4v) is 1.26. The lowest BCUT2D eigenvalue weighted by atomic mass is 10.2. The molecule has 1 aromatic rings. The number of thiol groups is 1. The van der Waals surface area contributed by atoms with E-state index in [1.54, 1.807) is 12.3 Å². The van der Waals surface area contributed by atoms with Crippen molar-refractivity contribution >= 4 is 30.6 Å². The summed E-state index contributed by atoms with van der Waals surface area (Å²) in [5.74, 6) is 0. The van der Waals surface area contributed by atoms with Crippen molar-refractivity contribution in [2.45, 2.75) is 25.7 Å². The second-order valence-electron chi connectivity index (χ2n) is 2.31. The van der Waals surface area contributed by atoms with Gasteiger partial charge in [-0.1, -0.05) is 38.6 Å². The van der Waals surface area contributed by atoms with Crippen LogP contribution < -0.4 is 0 Å².